The van der Waals surface area contributed by atoms with Crippen molar-refractivity contribution in [2.75, 3.05) is 19.7 Å². The zero-order valence-corrected chi connectivity index (χ0v) is 16.3. The molecule has 1 saturated heterocycles. The Kier molecular flexibility index (Phi) is 6.36. The summed E-state index contributed by atoms with van der Waals surface area (Å²) in [5.74, 6) is 0.966. The normalized spacial score (nSPS) is 16.9. The molecule has 2 aromatic carbocycles. The lowest BCUT2D eigenvalue weighted by atomic mass is 10.1. The lowest BCUT2D eigenvalue weighted by Crippen LogP contribution is -2.35. The van der Waals surface area contributed by atoms with Gasteiger partial charge >= 0.3 is 0 Å². The van der Waals surface area contributed by atoms with Crippen molar-refractivity contribution in [3.05, 3.63) is 95.8 Å². The summed E-state index contributed by atoms with van der Waals surface area (Å²) in [6.07, 6.45) is 6.32. The Bertz CT molecular complexity index is 833. The lowest BCUT2D eigenvalue weighted by Gasteiger charge is -2.24. The first-order valence-electron chi connectivity index (χ1n) is 10.3. The second-order valence-corrected chi connectivity index (χ2v) is 7.52. The van der Waals surface area contributed by atoms with E-state index in [1.54, 1.807) is 0 Å². The molecule has 1 atom stereocenters. The van der Waals surface area contributed by atoms with Crippen molar-refractivity contribution in [2.45, 2.75) is 31.7 Å². The van der Waals surface area contributed by atoms with Crippen LogP contribution in [0.25, 0.3) is 0 Å². The third-order valence-corrected chi connectivity index (χ3v) is 5.50. The standard InChI is InChI=1S/C25H28N2O/c1-2-7-21(8-3-1)19-22-11-13-25(14-12-22)28-20-24-10-6-17-27(24)18-15-23-9-4-5-16-26-23/h1-5,7-9,11-14,16,24H,6,10,15,17-20H2/t24-/m1/s1. The molecule has 2 heterocycles. The monoisotopic (exact) mass is 372 g/mol. The van der Waals surface area contributed by atoms with E-state index in [0.717, 1.165) is 38.3 Å². The predicted molar refractivity (Wildman–Crippen MR) is 114 cm³/mol. The van der Waals surface area contributed by atoms with E-state index in [2.05, 4.69) is 76.6 Å². The van der Waals surface area contributed by atoms with Crippen molar-refractivity contribution >= 4 is 0 Å². The minimum absolute atomic E-state index is 0.507. The van der Waals surface area contributed by atoms with Crippen LogP contribution in [-0.4, -0.2) is 35.6 Å². The van der Waals surface area contributed by atoms with Gasteiger partial charge in [-0.05, 0) is 61.2 Å². The Labute approximate surface area is 168 Å². The molecule has 0 amide bonds. The Morgan fingerprint density at radius 1 is 0.893 bits per heavy atom. The second kappa shape index (κ2) is 9.52. The summed E-state index contributed by atoms with van der Waals surface area (Å²) in [5.41, 5.74) is 3.82. The molecule has 28 heavy (non-hydrogen) atoms. The number of hydrogen-bond acceptors (Lipinski definition) is 3. The number of likely N-dealkylation sites (tertiary alicyclic amines) is 1. The molecule has 3 aromatic rings. The van der Waals surface area contributed by atoms with Gasteiger partial charge in [-0.2, -0.15) is 0 Å². The topological polar surface area (TPSA) is 25.4 Å². The van der Waals surface area contributed by atoms with Crippen molar-refractivity contribution in [1.29, 1.82) is 0 Å². The van der Waals surface area contributed by atoms with E-state index in [1.807, 2.05) is 12.3 Å². The van der Waals surface area contributed by atoms with E-state index in [-0.39, 0.29) is 0 Å². The number of aromatic nitrogens is 1. The van der Waals surface area contributed by atoms with Crippen LogP contribution < -0.4 is 4.74 Å². The number of ether oxygens (including phenoxy) is 1. The maximum atomic E-state index is 6.12. The Hall–Kier alpha value is -2.65. The highest BCUT2D eigenvalue weighted by molar-refractivity contribution is 5.31. The summed E-state index contributed by atoms with van der Waals surface area (Å²) in [4.78, 5) is 6.99. The summed E-state index contributed by atoms with van der Waals surface area (Å²) in [6.45, 7) is 2.98. The van der Waals surface area contributed by atoms with Gasteiger partial charge in [-0.3, -0.25) is 9.88 Å². The first-order valence-corrected chi connectivity index (χ1v) is 10.3. The van der Waals surface area contributed by atoms with E-state index in [0.29, 0.717) is 6.04 Å². The molecule has 0 unspecified atom stereocenters. The molecule has 3 nitrogen and oxygen atoms in total. The van der Waals surface area contributed by atoms with E-state index >= 15 is 0 Å². The quantitative estimate of drug-likeness (QED) is 0.570. The summed E-state index contributed by atoms with van der Waals surface area (Å²) >= 11 is 0. The summed E-state index contributed by atoms with van der Waals surface area (Å²) in [6, 6.07) is 25.8. The van der Waals surface area contributed by atoms with Crippen molar-refractivity contribution in [3.8, 4) is 5.75 Å². The van der Waals surface area contributed by atoms with Crippen molar-refractivity contribution < 1.29 is 4.74 Å². The number of nitrogens with zero attached hydrogens (tertiary/aromatic N) is 2. The van der Waals surface area contributed by atoms with E-state index in [9.17, 15) is 0 Å². The third-order valence-electron chi connectivity index (χ3n) is 5.50. The minimum atomic E-state index is 0.507. The number of rotatable bonds is 8. The van der Waals surface area contributed by atoms with Crippen LogP contribution in [0.5, 0.6) is 5.75 Å². The smallest absolute Gasteiger partial charge is 0.119 e. The fourth-order valence-electron chi connectivity index (χ4n) is 3.91. The molecule has 144 valence electrons. The molecule has 1 aliphatic heterocycles. The molecule has 1 aromatic heterocycles. The third kappa shape index (κ3) is 5.20. The van der Waals surface area contributed by atoms with E-state index in [4.69, 9.17) is 4.74 Å². The Morgan fingerprint density at radius 3 is 2.46 bits per heavy atom. The van der Waals surface area contributed by atoms with Crippen LogP contribution in [0, 0.1) is 0 Å². The fraction of sp³-hybridized carbons (Fsp3) is 0.320. The molecule has 1 aliphatic rings. The van der Waals surface area contributed by atoms with Gasteiger partial charge in [0, 0.05) is 30.9 Å². The van der Waals surface area contributed by atoms with Crippen molar-refractivity contribution in [1.82, 2.24) is 9.88 Å². The van der Waals surface area contributed by atoms with Crippen LogP contribution in [-0.2, 0) is 12.8 Å². The second-order valence-electron chi connectivity index (χ2n) is 7.52. The van der Waals surface area contributed by atoms with Gasteiger partial charge in [0.1, 0.15) is 12.4 Å². The predicted octanol–water partition coefficient (Wildman–Crippen LogP) is 4.76. The molecule has 0 spiro atoms. The van der Waals surface area contributed by atoms with Gasteiger partial charge in [0.15, 0.2) is 0 Å². The molecule has 0 N–H and O–H groups in total. The Balaban J connectivity index is 1.26. The van der Waals surface area contributed by atoms with E-state index < -0.39 is 0 Å². The lowest BCUT2D eigenvalue weighted by molar-refractivity contribution is 0.174. The zero-order chi connectivity index (χ0) is 19.0. The zero-order valence-electron chi connectivity index (χ0n) is 16.3. The van der Waals surface area contributed by atoms with Gasteiger partial charge in [-0.15, -0.1) is 0 Å². The number of hydrogen-bond donors (Lipinski definition) is 0. The summed E-state index contributed by atoms with van der Waals surface area (Å²) in [7, 11) is 0. The van der Waals surface area contributed by atoms with Crippen LogP contribution in [0.4, 0.5) is 0 Å². The average Bonchev–Trinajstić information content (AvgIpc) is 3.21. The van der Waals surface area contributed by atoms with Crippen LogP contribution in [0.15, 0.2) is 79.0 Å². The first kappa shape index (κ1) is 18.7. The maximum absolute atomic E-state index is 6.12. The van der Waals surface area contributed by atoms with Crippen LogP contribution in [0.2, 0.25) is 0 Å². The van der Waals surface area contributed by atoms with Gasteiger partial charge in [0.25, 0.3) is 0 Å². The molecule has 0 radical (unpaired) electrons. The summed E-state index contributed by atoms with van der Waals surface area (Å²) < 4.78 is 6.12. The molecule has 0 aliphatic carbocycles. The molecular formula is C25H28N2O. The molecule has 3 heteroatoms. The van der Waals surface area contributed by atoms with Crippen molar-refractivity contribution in [2.24, 2.45) is 0 Å². The Morgan fingerprint density at radius 2 is 1.68 bits per heavy atom. The highest BCUT2D eigenvalue weighted by Crippen LogP contribution is 2.20. The molecule has 0 bridgehead atoms. The van der Waals surface area contributed by atoms with Crippen LogP contribution >= 0.6 is 0 Å². The van der Waals surface area contributed by atoms with Crippen molar-refractivity contribution in [3.63, 3.8) is 0 Å². The first-order chi connectivity index (χ1) is 13.9. The largest absolute Gasteiger partial charge is 0.492 e. The highest BCUT2D eigenvalue weighted by atomic mass is 16.5. The van der Waals surface area contributed by atoms with Gasteiger partial charge in [-0.1, -0.05) is 48.5 Å². The number of pyridine rings is 1. The molecule has 0 saturated carbocycles. The van der Waals surface area contributed by atoms with Crippen LogP contribution in [0.1, 0.15) is 29.7 Å². The molecule has 1 fully saturated rings. The highest BCUT2D eigenvalue weighted by Gasteiger charge is 2.24. The van der Waals surface area contributed by atoms with Gasteiger partial charge in [0.2, 0.25) is 0 Å². The molecular weight excluding hydrogens is 344 g/mol. The SMILES string of the molecule is c1ccc(Cc2ccc(OC[C@H]3CCCN3CCc3ccccn3)cc2)cc1. The average molecular weight is 373 g/mol. The fourth-order valence-corrected chi connectivity index (χ4v) is 3.91. The van der Waals surface area contributed by atoms with Gasteiger partial charge in [-0.25, -0.2) is 0 Å². The summed E-state index contributed by atoms with van der Waals surface area (Å²) in [5, 5.41) is 0. The van der Waals surface area contributed by atoms with E-state index in [1.165, 1.54) is 29.7 Å². The van der Waals surface area contributed by atoms with Crippen LogP contribution in [0.3, 0.4) is 0 Å². The number of benzene rings is 2. The molecule has 4 rings (SSSR count). The van der Waals surface area contributed by atoms with Gasteiger partial charge in [0.05, 0.1) is 0 Å². The minimum Gasteiger partial charge on any atom is -0.492 e. The maximum Gasteiger partial charge on any atom is 0.119 e. The van der Waals surface area contributed by atoms with Gasteiger partial charge < -0.3 is 4.74 Å².